The number of amidine groups is 2. The number of anilines is 1. The molecule has 11 nitrogen and oxygen atoms in total. The standard InChI is InChI=1S/C62H89N5O6/c1-35-31-39(57(3,4)5)47(40(32-35)58(6,7)8)72-55(70)43-45(61(15,16)17)51(63-49(43)66-53(68)37-27-23-21-24-28-37)65-52-46(62(18,19)20)44(50(64-52)67-54(69)38-29-25-22-26-30-38)56(71)73-48-41(59(9,10)11)33-36(2)34-42(48)60(12,13)14/h21-30,35-36,39-42,47-48,63H,31-34H2,1-20H3,(H,66,68)(H,64,65,67,69). The fourth-order valence-corrected chi connectivity index (χ4v) is 11.9. The SMILES string of the molecule is CC1CC(C(C)(C)C)C(OC(=O)C2=C(C(C)(C)C)C(=Nc3[nH]c(NC(=O)c4ccccc4)c(C(=O)OC4C(C(C)(C)C)CC(C)CC4C(C)(C)C)c3C(C)(C)C)N=C2NC(=O)c2ccccc2)C(C(C)(C)C)C1. The molecule has 2 fully saturated rings. The average molecular weight is 1000 g/mol. The van der Waals surface area contributed by atoms with Gasteiger partial charge in [-0.2, -0.15) is 0 Å². The summed E-state index contributed by atoms with van der Waals surface area (Å²) in [6, 6.07) is 17.7. The third kappa shape index (κ3) is 13.0. The first kappa shape index (κ1) is 57.0. The number of aromatic nitrogens is 1. The number of aromatic amines is 1. The summed E-state index contributed by atoms with van der Waals surface area (Å²) in [4.78, 5) is 73.1. The van der Waals surface area contributed by atoms with Gasteiger partial charge in [-0.15, -0.1) is 0 Å². The van der Waals surface area contributed by atoms with Crippen LogP contribution in [0.4, 0.5) is 11.6 Å². The van der Waals surface area contributed by atoms with Crippen LogP contribution in [-0.2, 0) is 19.7 Å². The molecule has 1 aromatic heterocycles. The lowest BCUT2D eigenvalue weighted by atomic mass is 9.59. The Kier molecular flexibility index (Phi) is 16.2. The van der Waals surface area contributed by atoms with Crippen LogP contribution in [0.5, 0.6) is 0 Å². The first-order valence-electron chi connectivity index (χ1n) is 26.8. The Balaban J connectivity index is 1.60. The summed E-state index contributed by atoms with van der Waals surface area (Å²) >= 11 is 0. The molecule has 4 atom stereocenters. The monoisotopic (exact) mass is 1000 g/mol. The number of H-pyrrole nitrogens is 1. The summed E-state index contributed by atoms with van der Waals surface area (Å²) in [5.74, 6) is -0.319. The number of amides is 2. The predicted octanol–water partition coefficient (Wildman–Crippen LogP) is 14.7. The molecule has 2 heterocycles. The fraction of sp³-hybridized carbons (Fsp3) is 0.613. The third-order valence-electron chi connectivity index (χ3n) is 15.7. The van der Waals surface area contributed by atoms with Crippen molar-refractivity contribution in [1.82, 2.24) is 10.3 Å². The van der Waals surface area contributed by atoms with E-state index in [2.05, 4.69) is 113 Å². The summed E-state index contributed by atoms with van der Waals surface area (Å²) in [6.45, 7) is 43.1. The average Bonchev–Trinajstić information content (AvgIpc) is 3.81. The minimum Gasteiger partial charge on any atom is -0.458 e. The zero-order chi connectivity index (χ0) is 54.6. The van der Waals surface area contributed by atoms with Gasteiger partial charge in [0.25, 0.3) is 11.8 Å². The van der Waals surface area contributed by atoms with E-state index in [-0.39, 0.29) is 79.8 Å². The Morgan fingerprint density at radius 2 is 0.932 bits per heavy atom. The molecule has 0 spiro atoms. The smallest absolute Gasteiger partial charge is 0.342 e. The fourth-order valence-electron chi connectivity index (χ4n) is 11.9. The molecule has 3 N–H and O–H groups in total. The van der Waals surface area contributed by atoms with E-state index in [0.29, 0.717) is 34.1 Å². The number of aliphatic imine (C=N–C) groups is 2. The van der Waals surface area contributed by atoms with E-state index in [0.717, 1.165) is 25.7 Å². The second kappa shape index (κ2) is 20.8. The van der Waals surface area contributed by atoms with Crippen LogP contribution < -0.4 is 10.6 Å². The zero-order valence-electron chi connectivity index (χ0n) is 48.1. The van der Waals surface area contributed by atoms with Crippen LogP contribution in [0, 0.1) is 62.6 Å². The lowest BCUT2D eigenvalue weighted by Crippen LogP contribution is -2.50. The van der Waals surface area contributed by atoms with Crippen molar-refractivity contribution in [3.63, 3.8) is 0 Å². The number of hydrogen-bond acceptors (Lipinski definition) is 7. The van der Waals surface area contributed by atoms with E-state index >= 15 is 9.59 Å². The molecule has 0 saturated heterocycles. The minimum absolute atomic E-state index is 0.0281. The molecule has 398 valence electrons. The van der Waals surface area contributed by atoms with Crippen LogP contribution in [-0.4, -0.2) is 52.6 Å². The molecule has 2 aliphatic carbocycles. The van der Waals surface area contributed by atoms with Crippen LogP contribution in [0.1, 0.15) is 201 Å². The molecular formula is C62H89N5O6. The van der Waals surface area contributed by atoms with Gasteiger partial charge in [0.05, 0.1) is 0 Å². The van der Waals surface area contributed by atoms with Crippen molar-refractivity contribution >= 4 is 47.1 Å². The van der Waals surface area contributed by atoms with E-state index in [4.69, 9.17) is 19.5 Å². The zero-order valence-corrected chi connectivity index (χ0v) is 48.1. The lowest BCUT2D eigenvalue weighted by molar-refractivity contribution is -0.164. The Morgan fingerprint density at radius 3 is 1.30 bits per heavy atom. The number of ether oxygens (including phenoxy) is 2. The van der Waals surface area contributed by atoms with Crippen LogP contribution >= 0.6 is 0 Å². The molecule has 2 amide bonds. The van der Waals surface area contributed by atoms with Gasteiger partial charge in [0.1, 0.15) is 40.8 Å². The molecule has 0 bridgehead atoms. The quantitative estimate of drug-likeness (QED) is 0.191. The predicted molar refractivity (Wildman–Crippen MR) is 296 cm³/mol. The van der Waals surface area contributed by atoms with Crippen LogP contribution in [0.25, 0.3) is 0 Å². The first-order chi connectivity index (χ1) is 33.5. The van der Waals surface area contributed by atoms with Crippen molar-refractivity contribution in [3.8, 4) is 0 Å². The maximum absolute atomic E-state index is 15.5. The van der Waals surface area contributed by atoms with E-state index in [1.807, 2.05) is 53.7 Å². The second-order valence-electron chi connectivity index (χ2n) is 28.2. The number of nitrogens with zero attached hydrogens (tertiary/aromatic N) is 2. The van der Waals surface area contributed by atoms with E-state index < -0.39 is 46.8 Å². The molecule has 3 aromatic rings. The summed E-state index contributed by atoms with van der Waals surface area (Å²) in [5.41, 5.74) is -0.188. The maximum Gasteiger partial charge on any atom is 0.342 e. The van der Waals surface area contributed by atoms with Crippen molar-refractivity contribution in [2.24, 2.45) is 72.6 Å². The highest BCUT2D eigenvalue weighted by Gasteiger charge is 2.51. The number of hydrogen-bond donors (Lipinski definition) is 3. The van der Waals surface area contributed by atoms with Crippen molar-refractivity contribution in [2.75, 3.05) is 5.32 Å². The molecule has 11 heteroatoms. The molecule has 4 unspecified atom stereocenters. The molecule has 0 radical (unpaired) electrons. The molecule has 2 aromatic carbocycles. The molecule has 2 saturated carbocycles. The van der Waals surface area contributed by atoms with Gasteiger partial charge in [0.15, 0.2) is 5.84 Å². The highest BCUT2D eigenvalue weighted by molar-refractivity contribution is 6.34. The van der Waals surface area contributed by atoms with E-state index in [1.54, 1.807) is 48.5 Å². The summed E-state index contributed by atoms with van der Waals surface area (Å²) < 4.78 is 13.8. The largest absolute Gasteiger partial charge is 0.458 e. The number of benzene rings is 2. The minimum atomic E-state index is -0.785. The Hall–Kier alpha value is -5.32. The molecule has 3 aliphatic rings. The van der Waals surface area contributed by atoms with Gasteiger partial charge in [0, 0.05) is 45.9 Å². The molecule has 6 rings (SSSR count). The number of esters is 2. The van der Waals surface area contributed by atoms with Gasteiger partial charge >= 0.3 is 11.9 Å². The van der Waals surface area contributed by atoms with Crippen LogP contribution in [0.15, 0.2) is 81.8 Å². The maximum atomic E-state index is 15.5. The summed E-state index contributed by atoms with van der Waals surface area (Å²) in [5, 5.41) is 6.06. The van der Waals surface area contributed by atoms with Gasteiger partial charge in [0.2, 0.25) is 0 Å². The Bertz CT molecular complexity index is 2570. The number of carbonyl (C=O) groups is 4. The number of nitrogens with one attached hydrogen (secondary N) is 3. The van der Waals surface area contributed by atoms with Crippen molar-refractivity contribution < 1.29 is 28.7 Å². The van der Waals surface area contributed by atoms with Crippen LogP contribution in [0.2, 0.25) is 0 Å². The van der Waals surface area contributed by atoms with Gasteiger partial charge in [-0.25, -0.2) is 19.6 Å². The third-order valence-corrected chi connectivity index (χ3v) is 15.7. The van der Waals surface area contributed by atoms with Gasteiger partial charge < -0.3 is 25.1 Å². The van der Waals surface area contributed by atoms with Crippen LogP contribution in [0.3, 0.4) is 0 Å². The lowest BCUT2D eigenvalue weighted by Gasteiger charge is -2.50. The molecular weight excluding hydrogens is 911 g/mol. The van der Waals surface area contributed by atoms with Gasteiger partial charge in [-0.3, -0.25) is 9.59 Å². The molecule has 1 aliphatic heterocycles. The summed E-state index contributed by atoms with van der Waals surface area (Å²) in [7, 11) is 0. The second-order valence-corrected chi connectivity index (χ2v) is 28.2. The normalized spacial score (nSPS) is 25.0. The van der Waals surface area contributed by atoms with Gasteiger partial charge in [-0.1, -0.05) is 175 Å². The van der Waals surface area contributed by atoms with Crippen molar-refractivity contribution in [1.29, 1.82) is 0 Å². The van der Waals surface area contributed by atoms with Crippen molar-refractivity contribution in [3.05, 3.63) is 94.1 Å². The van der Waals surface area contributed by atoms with Crippen molar-refractivity contribution in [2.45, 2.75) is 182 Å². The molecule has 73 heavy (non-hydrogen) atoms. The highest BCUT2D eigenvalue weighted by Crippen LogP contribution is 2.52. The number of rotatable bonds is 8. The van der Waals surface area contributed by atoms with Gasteiger partial charge in [-0.05, 0) is 94.3 Å². The van der Waals surface area contributed by atoms with E-state index in [1.165, 1.54) is 0 Å². The van der Waals surface area contributed by atoms with E-state index in [9.17, 15) is 9.59 Å². The highest BCUT2D eigenvalue weighted by atomic mass is 16.5. The topological polar surface area (TPSA) is 151 Å². The first-order valence-corrected chi connectivity index (χ1v) is 26.8. The number of carbonyl (C=O) groups excluding carboxylic acids is 4. The summed E-state index contributed by atoms with van der Waals surface area (Å²) in [6.07, 6.45) is 2.79. The Morgan fingerprint density at radius 1 is 0.548 bits per heavy atom. The Labute approximate surface area is 438 Å².